The highest BCUT2D eigenvalue weighted by atomic mass is 16.7. The quantitative estimate of drug-likeness (QED) is 0.121. The number of ether oxygens (including phenoxy) is 2. The molecule has 4 atom stereocenters. The van der Waals surface area contributed by atoms with Crippen molar-refractivity contribution < 1.29 is 40.1 Å². The predicted molar refractivity (Wildman–Crippen MR) is 155 cm³/mol. The highest BCUT2D eigenvalue weighted by Gasteiger charge is 2.61. The molecule has 0 spiro atoms. The summed E-state index contributed by atoms with van der Waals surface area (Å²) < 4.78 is 13.4. The maximum Gasteiger partial charge on any atom is 0.285 e. The Labute approximate surface area is 241 Å². The molecule has 212 valence electrons. The Bertz CT molecular complexity index is 1820. The summed E-state index contributed by atoms with van der Waals surface area (Å²) in [5.74, 6) is -2.16. The van der Waals surface area contributed by atoms with Gasteiger partial charge in [-0.05, 0) is 66.9 Å². The van der Waals surface area contributed by atoms with Gasteiger partial charge in [0.2, 0.25) is 0 Å². The van der Waals surface area contributed by atoms with Crippen LogP contribution in [0, 0.1) is 5.92 Å². The van der Waals surface area contributed by atoms with Crippen molar-refractivity contribution in [1.82, 2.24) is 0 Å². The predicted octanol–water partition coefficient (Wildman–Crippen LogP) is 6.56. The first-order valence-electron chi connectivity index (χ1n) is 13.6. The van der Waals surface area contributed by atoms with Crippen molar-refractivity contribution in [3.8, 4) is 46.0 Å². The van der Waals surface area contributed by atoms with Crippen molar-refractivity contribution in [3.05, 3.63) is 106 Å². The summed E-state index contributed by atoms with van der Waals surface area (Å²) in [6.07, 6.45) is 6.14. The topological polar surface area (TPSA) is 140 Å². The van der Waals surface area contributed by atoms with Gasteiger partial charge in [0, 0.05) is 41.2 Å². The van der Waals surface area contributed by atoms with Gasteiger partial charge in [0.05, 0.1) is 11.5 Å². The lowest BCUT2D eigenvalue weighted by Crippen LogP contribution is -2.56. The SMILES string of the molecule is CC1=C[C@@H]2c3c(O)cc(/C=C/c4ccc(O)cc4O)cc3O[C@]3(c4ccc(O)cc4O)Oc4cc(O)ccc4[C@@H](C1)[C@H]23. The fourth-order valence-corrected chi connectivity index (χ4v) is 6.78. The normalized spacial score (nSPS) is 23.6. The average molecular weight is 565 g/mol. The van der Waals surface area contributed by atoms with E-state index in [1.165, 1.54) is 30.3 Å². The Morgan fingerprint density at radius 2 is 1.40 bits per heavy atom. The fourth-order valence-electron chi connectivity index (χ4n) is 6.78. The molecule has 3 aliphatic rings. The molecule has 0 saturated heterocycles. The lowest BCUT2D eigenvalue weighted by atomic mass is 9.61. The highest BCUT2D eigenvalue weighted by Crippen LogP contribution is 2.65. The van der Waals surface area contributed by atoms with Gasteiger partial charge in [-0.1, -0.05) is 29.9 Å². The standard InChI is InChI=1S/C34H28O8/c1-17-10-24-23-8-6-22(37)16-30(23)41-34(26-9-7-21(36)15-28(26)39)33(24)25(11-17)32-29(40)12-18(13-31(32)42-34)2-3-19-4-5-20(35)14-27(19)38/h2-9,11-16,24-25,33,35-40H,10H2,1H3/b3-2+/t24-,25-,33-,34+/m1/s1. The van der Waals surface area contributed by atoms with Gasteiger partial charge in [-0.15, -0.1) is 0 Å². The van der Waals surface area contributed by atoms with Crippen LogP contribution >= 0.6 is 0 Å². The van der Waals surface area contributed by atoms with Crippen LogP contribution < -0.4 is 9.47 Å². The zero-order valence-electron chi connectivity index (χ0n) is 22.5. The van der Waals surface area contributed by atoms with Gasteiger partial charge in [-0.2, -0.15) is 0 Å². The van der Waals surface area contributed by atoms with E-state index in [2.05, 4.69) is 6.08 Å². The average Bonchev–Trinajstić information content (AvgIpc) is 2.91. The van der Waals surface area contributed by atoms with E-state index in [0.29, 0.717) is 40.2 Å². The molecule has 0 bridgehead atoms. The number of phenolic OH excluding ortho intramolecular Hbond substituents is 6. The third kappa shape index (κ3) is 3.90. The monoisotopic (exact) mass is 564 g/mol. The summed E-state index contributed by atoms with van der Waals surface area (Å²) in [5.41, 5.74) is 3.95. The number of benzene rings is 4. The molecule has 8 heteroatoms. The van der Waals surface area contributed by atoms with Gasteiger partial charge in [0.15, 0.2) is 0 Å². The van der Waals surface area contributed by atoms with E-state index in [9.17, 15) is 30.6 Å². The van der Waals surface area contributed by atoms with Crippen LogP contribution in [-0.2, 0) is 5.79 Å². The molecule has 0 amide bonds. The number of phenols is 6. The number of rotatable bonds is 3. The van der Waals surface area contributed by atoms with Crippen LogP contribution in [-0.4, -0.2) is 30.6 Å². The first kappa shape index (κ1) is 25.7. The van der Waals surface area contributed by atoms with Crippen molar-refractivity contribution in [3.63, 3.8) is 0 Å². The molecular weight excluding hydrogens is 536 g/mol. The minimum atomic E-state index is -1.57. The number of allylic oxidation sites excluding steroid dienone is 2. The van der Waals surface area contributed by atoms with Gasteiger partial charge in [0.1, 0.15) is 46.0 Å². The van der Waals surface area contributed by atoms with Gasteiger partial charge in [-0.25, -0.2) is 0 Å². The summed E-state index contributed by atoms with van der Waals surface area (Å²) in [5, 5.41) is 62.8. The molecule has 1 aliphatic carbocycles. The van der Waals surface area contributed by atoms with Gasteiger partial charge in [-0.3, -0.25) is 0 Å². The van der Waals surface area contributed by atoms with E-state index in [4.69, 9.17) is 9.47 Å². The zero-order valence-corrected chi connectivity index (χ0v) is 22.5. The fraction of sp³-hybridized carbons (Fsp3) is 0.176. The maximum atomic E-state index is 11.4. The number of fused-ring (bicyclic) bond motifs is 4. The maximum absolute atomic E-state index is 11.4. The van der Waals surface area contributed by atoms with Gasteiger partial charge in [0.25, 0.3) is 5.79 Å². The molecular formula is C34H28O8. The van der Waals surface area contributed by atoms with Crippen LogP contribution in [0.15, 0.2) is 78.4 Å². The smallest absolute Gasteiger partial charge is 0.285 e. The molecule has 0 radical (unpaired) electrons. The van der Waals surface area contributed by atoms with Crippen LogP contribution in [0.2, 0.25) is 0 Å². The van der Waals surface area contributed by atoms with Crippen LogP contribution in [0.3, 0.4) is 0 Å². The third-order valence-electron chi connectivity index (χ3n) is 8.49. The second kappa shape index (κ2) is 9.14. The molecule has 4 aromatic carbocycles. The van der Waals surface area contributed by atoms with Crippen LogP contribution in [0.4, 0.5) is 0 Å². The number of aromatic hydroxyl groups is 6. The van der Waals surface area contributed by atoms with E-state index in [-0.39, 0.29) is 46.3 Å². The molecule has 8 nitrogen and oxygen atoms in total. The second-order valence-corrected chi connectivity index (χ2v) is 11.2. The lowest BCUT2D eigenvalue weighted by Gasteiger charge is -2.55. The number of hydrogen-bond acceptors (Lipinski definition) is 8. The summed E-state index contributed by atoms with van der Waals surface area (Å²) in [6.45, 7) is 2.04. The summed E-state index contributed by atoms with van der Waals surface area (Å²) >= 11 is 0. The van der Waals surface area contributed by atoms with Crippen LogP contribution in [0.5, 0.6) is 46.0 Å². The van der Waals surface area contributed by atoms with Crippen molar-refractivity contribution >= 4 is 12.2 Å². The van der Waals surface area contributed by atoms with Crippen molar-refractivity contribution in [1.29, 1.82) is 0 Å². The molecule has 0 unspecified atom stereocenters. The molecule has 6 N–H and O–H groups in total. The second-order valence-electron chi connectivity index (χ2n) is 11.2. The minimum absolute atomic E-state index is 0.0238. The Morgan fingerprint density at radius 1 is 0.714 bits per heavy atom. The molecule has 7 rings (SSSR count). The molecule has 42 heavy (non-hydrogen) atoms. The lowest BCUT2D eigenvalue weighted by molar-refractivity contribution is -0.198. The Morgan fingerprint density at radius 3 is 2.17 bits per heavy atom. The summed E-state index contributed by atoms with van der Waals surface area (Å²) in [4.78, 5) is 0. The number of hydrogen-bond donors (Lipinski definition) is 6. The Kier molecular flexibility index (Phi) is 5.59. The molecule has 4 aromatic rings. The molecule has 2 heterocycles. The molecule has 0 fully saturated rings. The van der Waals surface area contributed by atoms with Crippen molar-refractivity contribution in [2.75, 3.05) is 0 Å². The third-order valence-corrected chi connectivity index (χ3v) is 8.49. The van der Waals surface area contributed by atoms with E-state index in [1.807, 2.05) is 13.0 Å². The van der Waals surface area contributed by atoms with Gasteiger partial charge >= 0.3 is 0 Å². The largest absolute Gasteiger partial charge is 0.508 e. The summed E-state index contributed by atoms with van der Waals surface area (Å²) in [6, 6.07) is 16.9. The van der Waals surface area contributed by atoms with Crippen molar-refractivity contribution in [2.24, 2.45) is 5.92 Å². The van der Waals surface area contributed by atoms with Crippen LogP contribution in [0.25, 0.3) is 12.2 Å². The molecule has 2 aliphatic heterocycles. The van der Waals surface area contributed by atoms with Gasteiger partial charge < -0.3 is 40.1 Å². The first-order valence-corrected chi connectivity index (χ1v) is 13.6. The Balaban J connectivity index is 1.44. The summed E-state index contributed by atoms with van der Waals surface area (Å²) in [7, 11) is 0. The minimum Gasteiger partial charge on any atom is -0.508 e. The highest BCUT2D eigenvalue weighted by molar-refractivity contribution is 5.75. The van der Waals surface area contributed by atoms with E-state index < -0.39 is 11.7 Å². The van der Waals surface area contributed by atoms with Crippen molar-refractivity contribution in [2.45, 2.75) is 31.0 Å². The van der Waals surface area contributed by atoms with E-state index in [0.717, 1.165) is 11.1 Å². The molecule has 0 saturated carbocycles. The van der Waals surface area contributed by atoms with E-state index >= 15 is 0 Å². The molecule has 0 aromatic heterocycles. The Hall–Kier alpha value is -5.24. The van der Waals surface area contributed by atoms with E-state index in [1.54, 1.807) is 42.5 Å². The zero-order chi connectivity index (χ0) is 29.3. The van der Waals surface area contributed by atoms with Crippen LogP contribution in [0.1, 0.15) is 53.0 Å². The first-order chi connectivity index (χ1) is 20.1.